The number of hydrogen-bond acceptors (Lipinski definition) is 6. The molecule has 0 radical (unpaired) electrons. The molecule has 2 saturated heterocycles. The van der Waals surface area contributed by atoms with Gasteiger partial charge in [-0.2, -0.15) is 0 Å². The highest BCUT2D eigenvalue weighted by Crippen LogP contribution is 2.61. The summed E-state index contributed by atoms with van der Waals surface area (Å²) in [6.45, 7) is 8.87. The third-order valence-electron chi connectivity index (χ3n) is 9.29. The normalized spacial score (nSPS) is 28.9. The van der Waals surface area contributed by atoms with Crippen molar-refractivity contribution in [1.29, 1.82) is 0 Å². The summed E-state index contributed by atoms with van der Waals surface area (Å²) in [4.78, 5) is 48.9. The number of nitrogens with zero attached hydrogens (tertiary/aromatic N) is 3. The molecule has 3 amide bonds. The molecule has 226 valence electrons. The number of anilines is 2. The first-order valence-electron chi connectivity index (χ1n) is 15.1. The summed E-state index contributed by atoms with van der Waals surface area (Å²) in [5.41, 5.74) is 3.56. The molecule has 4 heterocycles. The van der Waals surface area contributed by atoms with Gasteiger partial charge in [0, 0.05) is 29.7 Å². The lowest BCUT2D eigenvalue weighted by Gasteiger charge is -2.38. The molecule has 1 N–H and O–H groups in total. The van der Waals surface area contributed by atoms with E-state index in [1.807, 2.05) is 94.5 Å². The van der Waals surface area contributed by atoms with Crippen molar-refractivity contribution in [2.24, 2.45) is 11.8 Å². The average Bonchev–Trinajstić information content (AvgIpc) is 3.31. The van der Waals surface area contributed by atoms with Crippen LogP contribution in [0.4, 0.5) is 11.4 Å². The molecule has 2 fully saturated rings. The van der Waals surface area contributed by atoms with E-state index in [2.05, 4.69) is 0 Å². The Hall–Kier alpha value is -3.56. The van der Waals surface area contributed by atoms with Crippen molar-refractivity contribution in [2.45, 2.75) is 56.2 Å². The molecule has 0 aliphatic carbocycles. The maximum atomic E-state index is 14.7. The SMILES string of the molecule is CCOc1ccc(N2CC=C[C@@H]3S[C@]45C=CCN(c6cc(C)ccc6C)C(=O)C4N([C@@H](CC)CO)C(=O)[C@@H]5[C@@H]3C2=O)cc1. The minimum Gasteiger partial charge on any atom is -0.494 e. The number of benzene rings is 2. The lowest BCUT2D eigenvalue weighted by atomic mass is 9.78. The van der Waals surface area contributed by atoms with Crippen LogP contribution in [0.5, 0.6) is 5.75 Å². The van der Waals surface area contributed by atoms with Gasteiger partial charge < -0.3 is 24.5 Å². The molecule has 4 aliphatic heterocycles. The topological polar surface area (TPSA) is 90.4 Å². The predicted octanol–water partition coefficient (Wildman–Crippen LogP) is 4.28. The average molecular weight is 602 g/mol. The van der Waals surface area contributed by atoms with E-state index in [-0.39, 0.29) is 29.6 Å². The molecule has 2 aromatic carbocycles. The zero-order valence-electron chi connectivity index (χ0n) is 25.1. The summed E-state index contributed by atoms with van der Waals surface area (Å²) < 4.78 is 4.65. The van der Waals surface area contributed by atoms with E-state index in [4.69, 9.17) is 4.74 Å². The number of rotatable bonds is 7. The van der Waals surface area contributed by atoms with E-state index in [1.54, 1.807) is 26.5 Å². The van der Waals surface area contributed by atoms with Crippen LogP contribution in [0.1, 0.15) is 31.4 Å². The maximum Gasteiger partial charge on any atom is 0.251 e. The minimum absolute atomic E-state index is 0.129. The lowest BCUT2D eigenvalue weighted by molar-refractivity contribution is -0.141. The van der Waals surface area contributed by atoms with Crippen LogP contribution in [0, 0.1) is 25.7 Å². The van der Waals surface area contributed by atoms with Gasteiger partial charge in [0.2, 0.25) is 11.8 Å². The molecule has 0 bridgehead atoms. The molecule has 4 aliphatic rings. The molecule has 1 unspecified atom stereocenters. The molecular formula is C34H39N3O5S. The lowest BCUT2D eigenvalue weighted by Crippen LogP contribution is -2.56. The zero-order valence-corrected chi connectivity index (χ0v) is 25.9. The number of hydrogen-bond donors (Lipinski definition) is 1. The summed E-state index contributed by atoms with van der Waals surface area (Å²) in [6, 6.07) is 12.1. The number of aliphatic hydroxyl groups excluding tert-OH is 1. The van der Waals surface area contributed by atoms with Crippen molar-refractivity contribution in [3.8, 4) is 5.75 Å². The van der Waals surface area contributed by atoms with E-state index in [9.17, 15) is 19.5 Å². The number of aryl methyl sites for hydroxylation is 2. The molecular weight excluding hydrogens is 562 g/mol. The van der Waals surface area contributed by atoms with Crippen LogP contribution >= 0.6 is 11.8 Å². The van der Waals surface area contributed by atoms with Crippen molar-refractivity contribution in [2.75, 3.05) is 36.1 Å². The van der Waals surface area contributed by atoms with E-state index in [0.717, 1.165) is 28.3 Å². The van der Waals surface area contributed by atoms with Gasteiger partial charge in [-0.3, -0.25) is 14.4 Å². The Kier molecular flexibility index (Phi) is 7.89. The Bertz CT molecular complexity index is 1490. The van der Waals surface area contributed by atoms with Gasteiger partial charge in [-0.05, 0) is 68.7 Å². The first kappa shape index (κ1) is 29.5. The van der Waals surface area contributed by atoms with Gasteiger partial charge >= 0.3 is 0 Å². The number of likely N-dealkylation sites (tertiary alicyclic amines) is 1. The van der Waals surface area contributed by atoms with Crippen LogP contribution in [0.25, 0.3) is 0 Å². The van der Waals surface area contributed by atoms with E-state index >= 15 is 0 Å². The van der Waals surface area contributed by atoms with Gasteiger partial charge in [0.05, 0.1) is 35.8 Å². The van der Waals surface area contributed by atoms with Gasteiger partial charge in [-0.15, -0.1) is 11.8 Å². The molecule has 6 rings (SSSR count). The second-order valence-corrected chi connectivity index (χ2v) is 13.3. The Morgan fingerprint density at radius 1 is 0.977 bits per heavy atom. The van der Waals surface area contributed by atoms with Crippen molar-refractivity contribution < 1.29 is 24.2 Å². The fourth-order valence-corrected chi connectivity index (χ4v) is 9.22. The van der Waals surface area contributed by atoms with Gasteiger partial charge in [0.15, 0.2) is 0 Å². The Morgan fingerprint density at radius 2 is 1.72 bits per heavy atom. The van der Waals surface area contributed by atoms with Crippen molar-refractivity contribution in [1.82, 2.24) is 4.90 Å². The monoisotopic (exact) mass is 601 g/mol. The highest BCUT2D eigenvalue weighted by Gasteiger charge is 2.71. The highest BCUT2D eigenvalue weighted by molar-refractivity contribution is 8.02. The summed E-state index contributed by atoms with van der Waals surface area (Å²) >= 11 is 1.55. The molecule has 8 nitrogen and oxygen atoms in total. The first-order valence-corrected chi connectivity index (χ1v) is 16.0. The largest absolute Gasteiger partial charge is 0.494 e. The standard InChI is InChI=1S/C34H39N3O5S/c1-5-23(20-38)37-30-33(41)36(26-19-21(3)10-11-22(26)4)18-8-16-34(30)29(32(37)40)28-27(43-34)9-7-17-35(31(28)39)24-12-14-25(15-13-24)42-6-2/h7-16,19,23,27-30,38H,5-6,17-18,20H2,1-4H3/t23-,27-,28+,29-,30?,34-/m0/s1. The zero-order chi connectivity index (χ0) is 30.5. The van der Waals surface area contributed by atoms with Crippen LogP contribution in [-0.4, -0.2) is 76.1 Å². The smallest absolute Gasteiger partial charge is 0.251 e. The Balaban J connectivity index is 1.44. The van der Waals surface area contributed by atoms with E-state index in [0.29, 0.717) is 26.1 Å². The molecule has 43 heavy (non-hydrogen) atoms. The summed E-state index contributed by atoms with van der Waals surface area (Å²) in [7, 11) is 0. The first-order chi connectivity index (χ1) is 20.7. The number of carbonyl (C=O) groups excluding carboxylic acids is 3. The summed E-state index contributed by atoms with van der Waals surface area (Å²) in [5, 5.41) is 10.1. The van der Waals surface area contributed by atoms with Crippen molar-refractivity contribution in [3.63, 3.8) is 0 Å². The molecule has 1 spiro atoms. The number of thioether (sulfide) groups is 1. The fraction of sp³-hybridized carbons (Fsp3) is 0.441. The number of amides is 3. The van der Waals surface area contributed by atoms with Crippen LogP contribution in [0.3, 0.4) is 0 Å². The molecule has 0 aromatic heterocycles. The van der Waals surface area contributed by atoms with E-state index < -0.39 is 28.7 Å². The Labute approximate surface area is 257 Å². The van der Waals surface area contributed by atoms with Gasteiger partial charge in [-0.1, -0.05) is 43.4 Å². The van der Waals surface area contributed by atoms with E-state index in [1.165, 1.54) is 0 Å². The number of carbonyl (C=O) groups is 3. The van der Waals surface area contributed by atoms with Crippen LogP contribution in [0.2, 0.25) is 0 Å². The van der Waals surface area contributed by atoms with Gasteiger partial charge in [0.1, 0.15) is 11.8 Å². The summed E-state index contributed by atoms with van der Waals surface area (Å²) in [6.07, 6.45) is 8.54. The molecule has 6 atom stereocenters. The van der Waals surface area contributed by atoms with Gasteiger partial charge in [-0.25, -0.2) is 0 Å². The molecule has 2 aromatic rings. The third-order valence-corrected chi connectivity index (χ3v) is 11.0. The molecule has 0 saturated carbocycles. The second-order valence-electron chi connectivity index (χ2n) is 11.8. The van der Waals surface area contributed by atoms with Crippen LogP contribution in [-0.2, 0) is 14.4 Å². The maximum absolute atomic E-state index is 14.7. The number of aliphatic hydroxyl groups is 1. The number of ether oxygens (including phenoxy) is 1. The predicted molar refractivity (Wildman–Crippen MR) is 169 cm³/mol. The molecule has 9 heteroatoms. The van der Waals surface area contributed by atoms with Crippen LogP contribution in [0.15, 0.2) is 66.8 Å². The second kappa shape index (κ2) is 11.5. The Morgan fingerprint density at radius 3 is 2.42 bits per heavy atom. The summed E-state index contributed by atoms with van der Waals surface area (Å²) in [5.74, 6) is -1.21. The highest BCUT2D eigenvalue weighted by atomic mass is 32.2. The van der Waals surface area contributed by atoms with Crippen molar-refractivity contribution >= 4 is 40.9 Å². The fourth-order valence-electron chi connectivity index (χ4n) is 7.23. The quantitative estimate of drug-likeness (QED) is 0.477. The third kappa shape index (κ3) is 4.68. The van der Waals surface area contributed by atoms with Crippen LogP contribution < -0.4 is 14.5 Å². The number of fused-ring (bicyclic) bond motifs is 2. The van der Waals surface area contributed by atoms with Gasteiger partial charge in [0.25, 0.3) is 5.91 Å². The van der Waals surface area contributed by atoms with Crippen molar-refractivity contribution in [3.05, 3.63) is 77.9 Å². The minimum atomic E-state index is -0.944.